The van der Waals surface area contributed by atoms with Crippen LogP contribution in [-0.4, -0.2) is 48.2 Å². The van der Waals surface area contributed by atoms with E-state index in [2.05, 4.69) is 5.32 Å². The first-order valence-electron chi connectivity index (χ1n) is 12.7. The van der Waals surface area contributed by atoms with Gasteiger partial charge in [-0.05, 0) is 70.0 Å². The maximum atomic E-state index is 13.9. The topological polar surface area (TPSA) is 130 Å². The van der Waals surface area contributed by atoms with E-state index < -0.39 is 39.0 Å². The molecule has 1 atom stereocenters. The lowest BCUT2D eigenvalue weighted by atomic mass is 10.1. The molecule has 212 valence electrons. The van der Waals surface area contributed by atoms with E-state index in [0.29, 0.717) is 0 Å². The number of benzene rings is 3. The second-order valence-corrected chi connectivity index (χ2v) is 12.3. The molecule has 0 bridgehead atoms. The lowest BCUT2D eigenvalue weighted by Crippen LogP contribution is -2.54. The average Bonchev–Trinajstić information content (AvgIpc) is 2.90. The molecule has 3 aromatic carbocycles. The Labute approximate surface area is 234 Å². The van der Waals surface area contributed by atoms with Gasteiger partial charge < -0.3 is 10.2 Å². The lowest BCUT2D eigenvalue weighted by Gasteiger charge is -2.33. The molecule has 0 fully saturated rings. The molecule has 0 saturated heterocycles. The van der Waals surface area contributed by atoms with E-state index >= 15 is 0 Å². The molecule has 0 radical (unpaired) electrons. The van der Waals surface area contributed by atoms with E-state index in [0.717, 1.165) is 15.4 Å². The molecule has 0 aliphatic rings. The second kappa shape index (κ2) is 12.3. The number of nitrogens with one attached hydrogen (secondary N) is 1. The van der Waals surface area contributed by atoms with Gasteiger partial charge in [0.25, 0.3) is 15.7 Å². The number of sulfonamides is 1. The Morgan fingerprint density at radius 2 is 1.52 bits per heavy atom. The highest BCUT2D eigenvalue weighted by Crippen LogP contribution is 2.26. The standard InChI is InChI=1S/C29H34N4O6S/c1-21-11-9-10-12-23(21)19-31(22(2)28(35)30-29(3,4)5)27(34)20-32(24-15-17-25(18-16-24)33(36)37)40(38,39)26-13-7-6-8-14-26/h6-18,22H,19-20H2,1-5H3,(H,30,35)/t22-/m1/s1. The Bertz CT molecular complexity index is 1470. The quantitative estimate of drug-likeness (QED) is 0.285. The molecular formula is C29H34N4O6S. The van der Waals surface area contributed by atoms with Crippen LogP contribution in [0.4, 0.5) is 11.4 Å². The highest BCUT2D eigenvalue weighted by atomic mass is 32.2. The second-order valence-electron chi connectivity index (χ2n) is 10.5. The molecule has 3 rings (SSSR count). The molecule has 0 aliphatic carbocycles. The van der Waals surface area contributed by atoms with E-state index in [9.17, 15) is 28.1 Å². The summed E-state index contributed by atoms with van der Waals surface area (Å²) >= 11 is 0. The van der Waals surface area contributed by atoms with Gasteiger partial charge in [-0.25, -0.2) is 8.42 Å². The van der Waals surface area contributed by atoms with Crippen LogP contribution in [0.5, 0.6) is 0 Å². The number of nitro groups is 1. The normalized spacial score (nSPS) is 12.3. The molecule has 1 N–H and O–H groups in total. The third-order valence-corrected chi connectivity index (χ3v) is 8.01. The molecule has 10 nitrogen and oxygen atoms in total. The van der Waals surface area contributed by atoms with Gasteiger partial charge in [-0.15, -0.1) is 0 Å². The van der Waals surface area contributed by atoms with Crippen molar-refractivity contribution in [3.8, 4) is 0 Å². The summed E-state index contributed by atoms with van der Waals surface area (Å²) < 4.78 is 28.4. The molecule has 2 amide bonds. The van der Waals surface area contributed by atoms with E-state index in [1.165, 1.54) is 41.3 Å². The zero-order chi connectivity index (χ0) is 29.7. The fourth-order valence-electron chi connectivity index (χ4n) is 4.02. The fraction of sp³-hybridized carbons (Fsp3) is 0.310. The van der Waals surface area contributed by atoms with Crippen molar-refractivity contribution in [3.63, 3.8) is 0 Å². The number of amides is 2. The Morgan fingerprint density at radius 1 is 0.950 bits per heavy atom. The number of carbonyl (C=O) groups is 2. The molecule has 0 spiro atoms. The van der Waals surface area contributed by atoms with Crippen molar-refractivity contribution < 1.29 is 22.9 Å². The molecule has 3 aromatic rings. The number of nitrogens with zero attached hydrogens (tertiary/aromatic N) is 3. The largest absolute Gasteiger partial charge is 0.350 e. The SMILES string of the molecule is Cc1ccccc1CN(C(=O)CN(c1ccc([N+](=O)[O-])cc1)S(=O)(=O)c1ccccc1)[C@H](C)C(=O)NC(C)(C)C. The molecule has 0 aliphatic heterocycles. The number of nitro benzene ring substituents is 1. The Kier molecular flexibility index (Phi) is 9.31. The summed E-state index contributed by atoms with van der Waals surface area (Å²) in [4.78, 5) is 39.0. The van der Waals surface area contributed by atoms with Gasteiger partial charge in [0.05, 0.1) is 15.5 Å². The van der Waals surface area contributed by atoms with Gasteiger partial charge in [-0.3, -0.25) is 24.0 Å². The molecular weight excluding hydrogens is 532 g/mol. The number of anilines is 1. The van der Waals surface area contributed by atoms with Crippen LogP contribution in [0, 0.1) is 17.0 Å². The highest BCUT2D eigenvalue weighted by Gasteiger charge is 2.33. The summed E-state index contributed by atoms with van der Waals surface area (Å²) in [6, 6.07) is 19.0. The summed E-state index contributed by atoms with van der Waals surface area (Å²) in [6.07, 6.45) is 0. The summed E-state index contributed by atoms with van der Waals surface area (Å²) in [7, 11) is -4.26. The van der Waals surface area contributed by atoms with Crippen LogP contribution in [-0.2, 0) is 26.2 Å². The van der Waals surface area contributed by atoms with Crippen LogP contribution in [0.25, 0.3) is 0 Å². The first kappa shape index (κ1) is 30.3. The summed E-state index contributed by atoms with van der Waals surface area (Å²) in [5.74, 6) is -1.00. The van der Waals surface area contributed by atoms with E-state index in [1.54, 1.807) is 25.1 Å². The number of non-ortho nitro benzene ring substituents is 1. The van der Waals surface area contributed by atoms with E-state index in [-0.39, 0.29) is 28.7 Å². The molecule has 0 unspecified atom stereocenters. The van der Waals surface area contributed by atoms with Crippen LogP contribution >= 0.6 is 0 Å². The minimum absolute atomic E-state index is 0.0508. The highest BCUT2D eigenvalue weighted by molar-refractivity contribution is 7.92. The molecule has 40 heavy (non-hydrogen) atoms. The number of carbonyl (C=O) groups excluding carboxylic acids is 2. The molecule has 0 saturated carbocycles. The maximum Gasteiger partial charge on any atom is 0.269 e. The van der Waals surface area contributed by atoms with Gasteiger partial charge in [0.15, 0.2) is 0 Å². The third-order valence-electron chi connectivity index (χ3n) is 6.23. The first-order chi connectivity index (χ1) is 18.7. The fourth-order valence-corrected chi connectivity index (χ4v) is 5.45. The van der Waals surface area contributed by atoms with Crippen molar-refractivity contribution in [2.24, 2.45) is 0 Å². The monoisotopic (exact) mass is 566 g/mol. The van der Waals surface area contributed by atoms with Gasteiger partial charge in [-0.2, -0.15) is 0 Å². The first-order valence-corrected chi connectivity index (χ1v) is 14.1. The predicted octanol–water partition coefficient (Wildman–Crippen LogP) is 4.43. The minimum Gasteiger partial charge on any atom is -0.350 e. The maximum absolute atomic E-state index is 13.9. The number of hydrogen-bond acceptors (Lipinski definition) is 6. The van der Waals surface area contributed by atoms with Crippen LogP contribution < -0.4 is 9.62 Å². The number of hydrogen-bond donors (Lipinski definition) is 1. The zero-order valence-corrected chi connectivity index (χ0v) is 24.0. The van der Waals surface area contributed by atoms with Crippen molar-refractivity contribution in [3.05, 3.63) is 100 Å². The van der Waals surface area contributed by atoms with Gasteiger partial charge in [0.1, 0.15) is 12.6 Å². The third kappa shape index (κ3) is 7.44. The van der Waals surface area contributed by atoms with Crippen LogP contribution in [0.3, 0.4) is 0 Å². The van der Waals surface area contributed by atoms with E-state index in [4.69, 9.17) is 0 Å². The van der Waals surface area contributed by atoms with Gasteiger partial charge in [0, 0.05) is 24.2 Å². The summed E-state index contributed by atoms with van der Waals surface area (Å²) in [6.45, 7) is 8.41. The Hall–Kier alpha value is -4.25. The van der Waals surface area contributed by atoms with Gasteiger partial charge in [-0.1, -0.05) is 42.5 Å². The summed E-state index contributed by atoms with van der Waals surface area (Å²) in [5, 5.41) is 14.1. The van der Waals surface area contributed by atoms with Crippen molar-refractivity contribution in [1.29, 1.82) is 0 Å². The number of aryl methyl sites for hydroxylation is 1. The van der Waals surface area contributed by atoms with Crippen LogP contribution in [0.1, 0.15) is 38.8 Å². The zero-order valence-electron chi connectivity index (χ0n) is 23.2. The molecule has 0 heterocycles. The summed E-state index contributed by atoms with van der Waals surface area (Å²) in [5.41, 5.74) is 1.02. The number of rotatable bonds is 10. The van der Waals surface area contributed by atoms with Gasteiger partial charge >= 0.3 is 0 Å². The van der Waals surface area contributed by atoms with Crippen molar-refractivity contribution in [2.75, 3.05) is 10.8 Å². The van der Waals surface area contributed by atoms with Crippen LogP contribution in [0.2, 0.25) is 0 Å². The van der Waals surface area contributed by atoms with Crippen LogP contribution in [0.15, 0.2) is 83.8 Å². The van der Waals surface area contributed by atoms with Crippen molar-refractivity contribution >= 4 is 33.2 Å². The Balaban J connectivity index is 2.06. The smallest absolute Gasteiger partial charge is 0.269 e. The molecule has 11 heteroatoms. The van der Waals surface area contributed by atoms with Crippen molar-refractivity contribution in [1.82, 2.24) is 10.2 Å². The van der Waals surface area contributed by atoms with E-state index in [1.807, 2.05) is 52.0 Å². The van der Waals surface area contributed by atoms with Crippen molar-refractivity contribution in [2.45, 2.75) is 57.6 Å². The van der Waals surface area contributed by atoms with Gasteiger partial charge in [0.2, 0.25) is 11.8 Å². The molecule has 0 aromatic heterocycles. The minimum atomic E-state index is -4.26. The predicted molar refractivity (Wildman–Crippen MR) is 153 cm³/mol. The lowest BCUT2D eigenvalue weighted by molar-refractivity contribution is -0.384. The average molecular weight is 567 g/mol. The Morgan fingerprint density at radius 3 is 2.08 bits per heavy atom.